The number of carbonyl (C=O) groups is 2. The minimum Gasteiger partial charge on any atom is -0.455 e. The number of esters is 1. The predicted molar refractivity (Wildman–Crippen MR) is 89.0 cm³/mol. The molecular formula is C17H20N2O3S. The fourth-order valence-corrected chi connectivity index (χ4v) is 3.51. The quantitative estimate of drug-likeness (QED) is 0.790. The molecule has 1 heterocycles. The van der Waals surface area contributed by atoms with E-state index in [0.717, 1.165) is 21.6 Å². The van der Waals surface area contributed by atoms with Crippen molar-refractivity contribution in [1.82, 2.24) is 9.88 Å². The van der Waals surface area contributed by atoms with Crippen LogP contribution in [0, 0.1) is 11.8 Å². The third kappa shape index (κ3) is 3.37. The number of para-hydroxylation sites is 1. The van der Waals surface area contributed by atoms with E-state index in [-0.39, 0.29) is 30.4 Å². The topological polar surface area (TPSA) is 59.5 Å². The van der Waals surface area contributed by atoms with Crippen molar-refractivity contribution in [3.8, 4) is 0 Å². The van der Waals surface area contributed by atoms with Crippen molar-refractivity contribution < 1.29 is 14.3 Å². The molecule has 1 aromatic carbocycles. The van der Waals surface area contributed by atoms with E-state index in [1.165, 1.54) is 0 Å². The van der Waals surface area contributed by atoms with E-state index >= 15 is 0 Å². The van der Waals surface area contributed by atoms with Gasteiger partial charge in [-0.15, -0.1) is 11.3 Å². The first-order valence-electron chi connectivity index (χ1n) is 7.75. The van der Waals surface area contributed by atoms with Crippen molar-refractivity contribution in [2.45, 2.75) is 26.3 Å². The number of thiazole rings is 1. The Hall–Kier alpha value is -1.95. The Bertz CT molecular complexity index is 709. The van der Waals surface area contributed by atoms with Gasteiger partial charge in [0, 0.05) is 7.05 Å². The SMILES string of the molecule is C[C@H]1C[C@H]1C(=O)OCC(=O)N(C)[C@@H](C)c1nc2ccccc2s1. The molecule has 0 N–H and O–H groups in total. The molecule has 1 amide bonds. The lowest BCUT2D eigenvalue weighted by molar-refractivity contribution is -0.153. The number of ether oxygens (including phenoxy) is 1. The number of carbonyl (C=O) groups excluding carboxylic acids is 2. The Morgan fingerprint density at radius 3 is 2.78 bits per heavy atom. The van der Waals surface area contributed by atoms with Crippen LogP contribution in [0.25, 0.3) is 10.2 Å². The van der Waals surface area contributed by atoms with Gasteiger partial charge in [-0.25, -0.2) is 4.98 Å². The first-order chi connectivity index (χ1) is 11.0. The Morgan fingerprint density at radius 1 is 1.43 bits per heavy atom. The molecule has 1 aliphatic rings. The summed E-state index contributed by atoms with van der Waals surface area (Å²) in [6.07, 6.45) is 0.866. The normalized spacial score (nSPS) is 21.0. The molecular weight excluding hydrogens is 312 g/mol. The van der Waals surface area contributed by atoms with Gasteiger partial charge in [0.25, 0.3) is 5.91 Å². The summed E-state index contributed by atoms with van der Waals surface area (Å²) in [5, 5.41) is 0.879. The molecule has 3 atom stereocenters. The predicted octanol–water partition coefficient (Wildman–Crippen LogP) is 3.01. The molecule has 1 aromatic heterocycles. The summed E-state index contributed by atoms with van der Waals surface area (Å²) >= 11 is 1.58. The summed E-state index contributed by atoms with van der Waals surface area (Å²) in [4.78, 5) is 30.1. The molecule has 0 aliphatic heterocycles. The number of hydrogen-bond acceptors (Lipinski definition) is 5. The van der Waals surface area contributed by atoms with Crippen molar-refractivity contribution in [3.63, 3.8) is 0 Å². The maximum Gasteiger partial charge on any atom is 0.309 e. The van der Waals surface area contributed by atoms with Gasteiger partial charge in [-0.2, -0.15) is 0 Å². The Balaban J connectivity index is 1.60. The maximum atomic E-state index is 12.2. The van der Waals surface area contributed by atoms with Crippen molar-refractivity contribution in [2.24, 2.45) is 11.8 Å². The van der Waals surface area contributed by atoms with E-state index in [1.54, 1.807) is 23.3 Å². The third-order valence-corrected chi connectivity index (χ3v) is 5.60. The summed E-state index contributed by atoms with van der Waals surface area (Å²) in [5.41, 5.74) is 0.939. The van der Waals surface area contributed by atoms with Gasteiger partial charge in [0.15, 0.2) is 6.61 Å². The first-order valence-corrected chi connectivity index (χ1v) is 8.56. The lowest BCUT2D eigenvalue weighted by Crippen LogP contribution is -2.33. The second-order valence-corrected chi connectivity index (χ2v) is 7.19. The summed E-state index contributed by atoms with van der Waals surface area (Å²) < 4.78 is 6.22. The van der Waals surface area contributed by atoms with Crippen LogP contribution in [-0.2, 0) is 14.3 Å². The van der Waals surface area contributed by atoms with Crippen LogP contribution in [0.2, 0.25) is 0 Å². The molecule has 6 heteroatoms. The number of amides is 1. The number of aromatic nitrogens is 1. The largest absolute Gasteiger partial charge is 0.455 e. The molecule has 1 saturated carbocycles. The molecule has 23 heavy (non-hydrogen) atoms. The number of hydrogen-bond donors (Lipinski definition) is 0. The second kappa shape index (κ2) is 6.28. The van der Waals surface area contributed by atoms with Crippen molar-refractivity contribution in [2.75, 3.05) is 13.7 Å². The van der Waals surface area contributed by atoms with E-state index in [1.807, 2.05) is 38.1 Å². The van der Waals surface area contributed by atoms with Gasteiger partial charge >= 0.3 is 5.97 Å². The smallest absolute Gasteiger partial charge is 0.309 e. The maximum absolute atomic E-state index is 12.2. The molecule has 0 saturated heterocycles. The molecule has 0 radical (unpaired) electrons. The van der Waals surface area contributed by atoms with Gasteiger partial charge in [0.05, 0.1) is 22.2 Å². The zero-order valence-electron chi connectivity index (χ0n) is 13.5. The number of likely N-dealkylation sites (N-methyl/N-ethyl adjacent to an activating group) is 1. The minimum atomic E-state index is -0.258. The molecule has 5 nitrogen and oxygen atoms in total. The summed E-state index contributed by atoms with van der Waals surface area (Å²) in [7, 11) is 1.71. The summed E-state index contributed by atoms with van der Waals surface area (Å²) in [6.45, 7) is 3.74. The van der Waals surface area contributed by atoms with Crippen molar-refractivity contribution in [1.29, 1.82) is 0 Å². The molecule has 2 aromatic rings. The molecule has 3 rings (SSSR count). The van der Waals surface area contributed by atoms with Crippen LogP contribution in [0.15, 0.2) is 24.3 Å². The van der Waals surface area contributed by atoms with Crippen LogP contribution >= 0.6 is 11.3 Å². The fourth-order valence-electron chi connectivity index (χ4n) is 2.44. The molecule has 1 aliphatic carbocycles. The third-order valence-electron chi connectivity index (χ3n) is 4.39. The highest BCUT2D eigenvalue weighted by molar-refractivity contribution is 7.18. The Kier molecular flexibility index (Phi) is 4.35. The van der Waals surface area contributed by atoms with E-state index in [2.05, 4.69) is 4.98 Å². The molecule has 0 bridgehead atoms. The molecule has 1 fully saturated rings. The number of fused-ring (bicyclic) bond motifs is 1. The Labute approximate surface area is 139 Å². The summed E-state index contributed by atoms with van der Waals surface area (Å²) in [6, 6.07) is 7.75. The van der Waals surface area contributed by atoms with Crippen LogP contribution in [-0.4, -0.2) is 35.4 Å². The van der Waals surface area contributed by atoms with Gasteiger partial charge in [0.1, 0.15) is 5.01 Å². The van der Waals surface area contributed by atoms with Gasteiger partial charge in [-0.3, -0.25) is 9.59 Å². The molecule has 0 spiro atoms. The van der Waals surface area contributed by atoms with Gasteiger partial charge in [0.2, 0.25) is 0 Å². The van der Waals surface area contributed by atoms with E-state index in [0.29, 0.717) is 5.92 Å². The first kappa shape index (κ1) is 15.9. The van der Waals surface area contributed by atoms with Gasteiger partial charge in [-0.1, -0.05) is 19.1 Å². The molecule has 0 unspecified atom stereocenters. The minimum absolute atomic E-state index is 0.0187. The van der Waals surface area contributed by atoms with E-state index in [4.69, 9.17) is 4.74 Å². The molecule has 122 valence electrons. The highest BCUT2D eigenvalue weighted by atomic mass is 32.1. The second-order valence-electron chi connectivity index (χ2n) is 6.13. The fraction of sp³-hybridized carbons (Fsp3) is 0.471. The van der Waals surface area contributed by atoms with Crippen LogP contribution < -0.4 is 0 Å². The van der Waals surface area contributed by atoms with E-state index in [9.17, 15) is 9.59 Å². The lowest BCUT2D eigenvalue weighted by Gasteiger charge is -2.23. The standard InChI is InChI=1S/C17H20N2O3S/c1-10-8-12(10)17(21)22-9-15(20)19(3)11(2)16-18-13-6-4-5-7-14(13)23-16/h4-7,10-12H,8-9H2,1-3H3/t10-,11-,12+/m0/s1. The van der Waals surface area contributed by atoms with Gasteiger partial charge < -0.3 is 9.64 Å². The van der Waals surface area contributed by atoms with Crippen molar-refractivity contribution >= 4 is 33.4 Å². The highest BCUT2D eigenvalue weighted by Gasteiger charge is 2.40. The van der Waals surface area contributed by atoms with Crippen molar-refractivity contribution in [3.05, 3.63) is 29.3 Å². The Morgan fingerprint density at radius 2 is 2.13 bits per heavy atom. The average molecular weight is 332 g/mol. The highest BCUT2D eigenvalue weighted by Crippen LogP contribution is 2.38. The zero-order chi connectivity index (χ0) is 16.6. The zero-order valence-corrected chi connectivity index (χ0v) is 14.3. The lowest BCUT2D eigenvalue weighted by atomic mass is 10.3. The van der Waals surface area contributed by atoms with Crippen LogP contribution in [0.5, 0.6) is 0 Å². The summed E-state index contributed by atoms with van der Waals surface area (Å²) in [5.74, 6) is -0.0999. The average Bonchev–Trinajstić information content (AvgIpc) is 3.12. The van der Waals surface area contributed by atoms with E-state index < -0.39 is 0 Å². The monoisotopic (exact) mass is 332 g/mol. The number of rotatable bonds is 5. The van der Waals surface area contributed by atoms with Crippen LogP contribution in [0.3, 0.4) is 0 Å². The number of nitrogens with zero attached hydrogens (tertiary/aromatic N) is 2. The number of benzene rings is 1. The van der Waals surface area contributed by atoms with Crippen LogP contribution in [0.4, 0.5) is 0 Å². The van der Waals surface area contributed by atoms with Gasteiger partial charge in [-0.05, 0) is 31.4 Å². The van der Waals surface area contributed by atoms with Crippen LogP contribution in [0.1, 0.15) is 31.3 Å².